The van der Waals surface area contributed by atoms with Crippen molar-refractivity contribution in [3.05, 3.63) is 5.82 Å². The second-order valence-electron chi connectivity index (χ2n) is 2.81. The van der Waals surface area contributed by atoms with Crippen molar-refractivity contribution in [1.82, 2.24) is 14.8 Å². The smallest absolute Gasteiger partial charge is 0.192 e. The van der Waals surface area contributed by atoms with Crippen molar-refractivity contribution in [3.8, 4) is 6.07 Å². The fourth-order valence-corrected chi connectivity index (χ4v) is 1.78. The molecule has 6 heteroatoms. The molecule has 1 aromatic heterocycles. The zero-order valence-corrected chi connectivity index (χ0v) is 9.08. The van der Waals surface area contributed by atoms with Gasteiger partial charge in [0.25, 0.3) is 0 Å². The first kappa shape index (κ1) is 11.0. The van der Waals surface area contributed by atoms with Gasteiger partial charge >= 0.3 is 0 Å². The molecule has 0 bridgehead atoms. The van der Waals surface area contributed by atoms with E-state index in [0.29, 0.717) is 6.54 Å². The molecule has 0 amide bonds. The molecule has 0 spiro atoms. The molecule has 1 rings (SSSR count). The molecule has 5 nitrogen and oxygen atoms in total. The minimum atomic E-state index is -0.0662. The van der Waals surface area contributed by atoms with E-state index in [9.17, 15) is 0 Å². The SMILES string of the molecule is CCC(C#N)Sc1nnc(CN)n1C. The molecule has 0 aliphatic rings. The Kier molecular flexibility index (Phi) is 3.92. The fourth-order valence-electron chi connectivity index (χ4n) is 0.954. The third-order valence-corrected chi connectivity index (χ3v) is 3.16. The lowest BCUT2D eigenvalue weighted by Gasteiger charge is -2.04. The van der Waals surface area contributed by atoms with E-state index in [1.54, 1.807) is 0 Å². The van der Waals surface area contributed by atoms with Crippen LogP contribution in [0.25, 0.3) is 0 Å². The first-order valence-electron chi connectivity index (χ1n) is 4.37. The van der Waals surface area contributed by atoms with Gasteiger partial charge in [-0.25, -0.2) is 0 Å². The molecular weight excluding hydrogens is 198 g/mol. The van der Waals surface area contributed by atoms with E-state index in [4.69, 9.17) is 11.0 Å². The molecule has 2 N–H and O–H groups in total. The number of nitrogens with zero attached hydrogens (tertiary/aromatic N) is 4. The van der Waals surface area contributed by atoms with Crippen LogP contribution in [0.2, 0.25) is 0 Å². The van der Waals surface area contributed by atoms with Crippen molar-refractivity contribution in [3.63, 3.8) is 0 Å². The van der Waals surface area contributed by atoms with Crippen LogP contribution in [0.5, 0.6) is 0 Å². The van der Waals surface area contributed by atoms with Crippen LogP contribution in [0.3, 0.4) is 0 Å². The van der Waals surface area contributed by atoms with Gasteiger partial charge in [-0.05, 0) is 6.42 Å². The Morgan fingerprint density at radius 3 is 2.79 bits per heavy atom. The molecule has 14 heavy (non-hydrogen) atoms. The van der Waals surface area contributed by atoms with Gasteiger partial charge < -0.3 is 10.3 Å². The van der Waals surface area contributed by atoms with Gasteiger partial charge in [-0.3, -0.25) is 0 Å². The summed E-state index contributed by atoms with van der Waals surface area (Å²) in [6.45, 7) is 2.34. The highest BCUT2D eigenvalue weighted by molar-refractivity contribution is 8.00. The van der Waals surface area contributed by atoms with Crippen molar-refractivity contribution in [2.24, 2.45) is 12.8 Å². The minimum Gasteiger partial charge on any atom is -0.324 e. The predicted molar refractivity (Wildman–Crippen MR) is 54.4 cm³/mol. The monoisotopic (exact) mass is 211 g/mol. The van der Waals surface area contributed by atoms with Crippen LogP contribution < -0.4 is 5.73 Å². The van der Waals surface area contributed by atoms with Crippen LogP contribution in [-0.2, 0) is 13.6 Å². The van der Waals surface area contributed by atoms with Crippen LogP contribution in [0.1, 0.15) is 19.2 Å². The Balaban J connectivity index is 2.77. The van der Waals surface area contributed by atoms with Crippen LogP contribution in [0.4, 0.5) is 0 Å². The highest BCUT2D eigenvalue weighted by Crippen LogP contribution is 2.22. The molecule has 0 saturated heterocycles. The number of aromatic nitrogens is 3. The Hall–Kier alpha value is -1.06. The highest BCUT2D eigenvalue weighted by Gasteiger charge is 2.13. The van der Waals surface area contributed by atoms with Crippen molar-refractivity contribution in [1.29, 1.82) is 5.26 Å². The molecule has 0 aliphatic heterocycles. The number of thioether (sulfide) groups is 1. The molecule has 0 fully saturated rings. The summed E-state index contributed by atoms with van der Waals surface area (Å²) < 4.78 is 1.82. The van der Waals surface area contributed by atoms with Crippen LogP contribution in [-0.4, -0.2) is 20.0 Å². The highest BCUT2D eigenvalue weighted by atomic mass is 32.2. The summed E-state index contributed by atoms with van der Waals surface area (Å²) in [7, 11) is 1.86. The maximum Gasteiger partial charge on any atom is 0.192 e. The van der Waals surface area contributed by atoms with Gasteiger partial charge in [0.2, 0.25) is 0 Å². The lowest BCUT2D eigenvalue weighted by molar-refractivity contribution is 0.732. The second kappa shape index (κ2) is 4.98. The first-order valence-corrected chi connectivity index (χ1v) is 5.25. The summed E-state index contributed by atoms with van der Waals surface area (Å²) in [5.74, 6) is 0.736. The normalized spacial score (nSPS) is 12.4. The van der Waals surface area contributed by atoms with Gasteiger partial charge in [-0.15, -0.1) is 10.2 Å². The van der Waals surface area contributed by atoms with Crippen molar-refractivity contribution in [2.75, 3.05) is 0 Å². The first-order chi connectivity index (χ1) is 6.72. The number of hydrogen-bond donors (Lipinski definition) is 1. The number of hydrogen-bond acceptors (Lipinski definition) is 5. The fraction of sp³-hybridized carbons (Fsp3) is 0.625. The summed E-state index contributed by atoms with van der Waals surface area (Å²) >= 11 is 1.42. The van der Waals surface area contributed by atoms with Crippen LogP contribution in [0.15, 0.2) is 5.16 Å². The standard InChI is InChI=1S/C8H13N5S/c1-3-6(4-9)14-8-12-11-7(5-10)13(8)2/h6H,3,5,10H2,1-2H3. The van der Waals surface area contributed by atoms with Gasteiger partial charge in [0, 0.05) is 7.05 Å². The molecule has 1 atom stereocenters. The lowest BCUT2D eigenvalue weighted by atomic mass is 10.4. The maximum atomic E-state index is 8.79. The average molecular weight is 211 g/mol. The van der Waals surface area contributed by atoms with Crippen molar-refractivity contribution >= 4 is 11.8 Å². The van der Waals surface area contributed by atoms with E-state index in [1.807, 2.05) is 18.5 Å². The van der Waals surface area contributed by atoms with Gasteiger partial charge in [-0.1, -0.05) is 18.7 Å². The number of nitrogens with two attached hydrogens (primary N) is 1. The van der Waals surface area contributed by atoms with E-state index in [-0.39, 0.29) is 5.25 Å². The number of rotatable bonds is 4. The molecule has 0 radical (unpaired) electrons. The van der Waals surface area contributed by atoms with Gasteiger partial charge in [0.1, 0.15) is 5.82 Å². The zero-order chi connectivity index (χ0) is 10.6. The summed E-state index contributed by atoms with van der Waals surface area (Å²) in [6.07, 6.45) is 0.798. The van der Waals surface area contributed by atoms with E-state index in [0.717, 1.165) is 17.4 Å². The van der Waals surface area contributed by atoms with E-state index >= 15 is 0 Å². The molecule has 76 valence electrons. The minimum absolute atomic E-state index is 0.0662. The Morgan fingerprint density at radius 2 is 2.36 bits per heavy atom. The second-order valence-corrected chi connectivity index (χ2v) is 3.98. The quantitative estimate of drug-likeness (QED) is 0.740. The van der Waals surface area contributed by atoms with Crippen LogP contribution >= 0.6 is 11.8 Å². The van der Waals surface area contributed by atoms with Gasteiger partial charge in [0.15, 0.2) is 5.16 Å². The average Bonchev–Trinajstić information content (AvgIpc) is 2.56. The Morgan fingerprint density at radius 1 is 1.64 bits per heavy atom. The molecule has 0 saturated carbocycles. The molecule has 1 aromatic rings. The summed E-state index contributed by atoms with van der Waals surface area (Å²) in [5, 5.41) is 17.4. The molecule has 1 unspecified atom stereocenters. The topological polar surface area (TPSA) is 80.5 Å². The largest absolute Gasteiger partial charge is 0.324 e. The molecule has 1 heterocycles. The van der Waals surface area contributed by atoms with Crippen LogP contribution in [0, 0.1) is 11.3 Å². The van der Waals surface area contributed by atoms with E-state index in [2.05, 4.69) is 16.3 Å². The van der Waals surface area contributed by atoms with Crippen molar-refractivity contribution in [2.45, 2.75) is 30.3 Å². The third-order valence-electron chi connectivity index (χ3n) is 1.87. The summed E-state index contributed by atoms with van der Waals surface area (Å²) in [6, 6.07) is 2.21. The third kappa shape index (κ3) is 2.25. The lowest BCUT2D eigenvalue weighted by Crippen LogP contribution is -2.06. The summed E-state index contributed by atoms with van der Waals surface area (Å²) in [4.78, 5) is 0. The number of nitriles is 1. The van der Waals surface area contributed by atoms with Gasteiger partial charge in [0.05, 0.1) is 17.9 Å². The Bertz CT molecular complexity index is 340. The van der Waals surface area contributed by atoms with Gasteiger partial charge in [-0.2, -0.15) is 5.26 Å². The van der Waals surface area contributed by atoms with E-state index < -0.39 is 0 Å². The van der Waals surface area contributed by atoms with Crippen molar-refractivity contribution < 1.29 is 0 Å². The molecular formula is C8H13N5S. The predicted octanol–water partition coefficient (Wildman–Crippen LogP) is 0.668. The molecule has 0 aromatic carbocycles. The maximum absolute atomic E-state index is 8.79. The summed E-state index contributed by atoms with van der Waals surface area (Å²) in [5.41, 5.74) is 5.46. The van der Waals surface area contributed by atoms with E-state index in [1.165, 1.54) is 11.8 Å². The molecule has 0 aliphatic carbocycles. The Labute approximate surface area is 87.3 Å². The zero-order valence-electron chi connectivity index (χ0n) is 8.27.